The molecule has 0 bridgehead atoms. The first-order chi connectivity index (χ1) is 8.56. The highest BCUT2D eigenvalue weighted by atomic mass is 32.2. The number of nitrogens with one attached hydrogen (secondary N) is 1. The lowest BCUT2D eigenvalue weighted by Gasteiger charge is -2.07. The molecule has 18 heavy (non-hydrogen) atoms. The first-order valence-electron chi connectivity index (χ1n) is 6.29. The second-order valence-electron chi connectivity index (χ2n) is 4.75. The molecule has 0 amide bonds. The molecule has 0 aliphatic heterocycles. The number of benzene rings is 1. The van der Waals surface area contributed by atoms with Gasteiger partial charge in [-0.2, -0.15) is 0 Å². The van der Waals surface area contributed by atoms with Crippen LogP contribution in [0.25, 0.3) is 0 Å². The van der Waals surface area contributed by atoms with Crippen LogP contribution in [0.4, 0.5) is 0 Å². The second kappa shape index (κ2) is 5.38. The molecule has 0 radical (unpaired) electrons. The zero-order valence-electron chi connectivity index (χ0n) is 10.5. The molecular formula is C13H19NO3S. The Morgan fingerprint density at radius 1 is 1.33 bits per heavy atom. The van der Waals surface area contributed by atoms with Crippen molar-refractivity contribution >= 4 is 10.0 Å². The Bertz CT molecular complexity index is 495. The minimum absolute atomic E-state index is 0.0740. The fraction of sp³-hybridized carbons (Fsp3) is 0.538. The molecule has 100 valence electrons. The highest BCUT2D eigenvalue weighted by Gasteiger charge is 2.38. The summed E-state index contributed by atoms with van der Waals surface area (Å²) in [6.45, 7) is 2.15. The zero-order chi connectivity index (χ0) is 13.2. The molecule has 4 nitrogen and oxygen atoms in total. The van der Waals surface area contributed by atoms with E-state index in [0.29, 0.717) is 17.2 Å². The Balaban J connectivity index is 2.05. The van der Waals surface area contributed by atoms with E-state index in [1.54, 1.807) is 24.3 Å². The highest BCUT2D eigenvalue weighted by Crippen LogP contribution is 2.34. The van der Waals surface area contributed by atoms with Gasteiger partial charge in [0.2, 0.25) is 10.0 Å². The van der Waals surface area contributed by atoms with Crippen molar-refractivity contribution in [2.45, 2.75) is 37.1 Å². The van der Waals surface area contributed by atoms with Crippen molar-refractivity contribution in [3.05, 3.63) is 29.8 Å². The van der Waals surface area contributed by atoms with Crippen molar-refractivity contribution in [1.82, 2.24) is 4.72 Å². The molecule has 0 spiro atoms. The Hall–Kier alpha value is -0.910. The van der Waals surface area contributed by atoms with E-state index in [-0.39, 0.29) is 12.6 Å². The van der Waals surface area contributed by atoms with E-state index < -0.39 is 10.0 Å². The molecule has 1 saturated carbocycles. The lowest BCUT2D eigenvalue weighted by atomic mass is 10.2. The smallest absolute Gasteiger partial charge is 0.240 e. The molecule has 2 atom stereocenters. The molecule has 2 unspecified atom stereocenters. The lowest BCUT2D eigenvalue weighted by molar-refractivity contribution is 0.299. The van der Waals surface area contributed by atoms with Gasteiger partial charge in [0.15, 0.2) is 0 Å². The Labute approximate surface area is 108 Å². The van der Waals surface area contributed by atoms with Crippen LogP contribution < -0.4 is 4.72 Å². The van der Waals surface area contributed by atoms with Gasteiger partial charge in [-0.3, -0.25) is 0 Å². The van der Waals surface area contributed by atoms with Gasteiger partial charge >= 0.3 is 0 Å². The van der Waals surface area contributed by atoms with Crippen LogP contribution >= 0.6 is 0 Å². The summed E-state index contributed by atoms with van der Waals surface area (Å²) in [4.78, 5) is 0.297. The summed E-state index contributed by atoms with van der Waals surface area (Å²) < 4.78 is 26.8. The number of aliphatic hydroxyl groups excluding tert-OH is 1. The molecule has 1 aliphatic carbocycles. The standard InChI is InChI=1S/C13H19NO3S/c1-2-11-9-13(11)14-18(16,17)12-5-3-10(4-6-12)7-8-15/h3-6,11,13-15H,2,7-9H2,1H3. The largest absolute Gasteiger partial charge is 0.396 e. The predicted octanol–water partition coefficient (Wildman–Crippen LogP) is 1.30. The monoisotopic (exact) mass is 269 g/mol. The van der Waals surface area contributed by atoms with E-state index >= 15 is 0 Å². The first-order valence-corrected chi connectivity index (χ1v) is 7.77. The summed E-state index contributed by atoms with van der Waals surface area (Å²) in [5, 5.41) is 8.80. The molecule has 2 N–H and O–H groups in total. The summed E-state index contributed by atoms with van der Waals surface area (Å²) >= 11 is 0. The fourth-order valence-corrected chi connectivity index (χ4v) is 3.39. The van der Waals surface area contributed by atoms with Crippen molar-refractivity contribution in [3.8, 4) is 0 Å². The molecule has 1 aliphatic rings. The van der Waals surface area contributed by atoms with Crippen molar-refractivity contribution in [2.75, 3.05) is 6.61 Å². The first kappa shape index (κ1) is 13.5. The van der Waals surface area contributed by atoms with Crippen LogP contribution in [0.3, 0.4) is 0 Å². The quantitative estimate of drug-likeness (QED) is 0.818. The van der Waals surface area contributed by atoms with Crippen LogP contribution in [0.2, 0.25) is 0 Å². The van der Waals surface area contributed by atoms with Crippen molar-refractivity contribution in [3.63, 3.8) is 0 Å². The van der Waals surface area contributed by atoms with Crippen molar-refractivity contribution in [2.24, 2.45) is 5.92 Å². The number of hydrogen-bond acceptors (Lipinski definition) is 3. The van der Waals surface area contributed by atoms with E-state index in [2.05, 4.69) is 11.6 Å². The molecule has 0 heterocycles. The third-order valence-corrected chi connectivity index (χ3v) is 4.89. The van der Waals surface area contributed by atoms with Gasteiger partial charge in [0.1, 0.15) is 0 Å². The van der Waals surface area contributed by atoms with Gasteiger partial charge in [0.25, 0.3) is 0 Å². The minimum Gasteiger partial charge on any atom is -0.396 e. The Morgan fingerprint density at radius 3 is 2.50 bits per heavy atom. The summed E-state index contributed by atoms with van der Waals surface area (Å²) in [6.07, 6.45) is 2.51. The maximum absolute atomic E-state index is 12.1. The van der Waals surface area contributed by atoms with E-state index in [1.165, 1.54) is 0 Å². The van der Waals surface area contributed by atoms with Gasteiger partial charge in [-0.1, -0.05) is 25.5 Å². The predicted molar refractivity (Wildman–Crippen MR) is 69.7 cm³/mol. The summed E-state index contributed by atoms with van der Waals surface area (Å²) in [5.74, 6) is 0.494. The van der Waals surface area contributed by atoms with E-state index in [0.717, 1.165) is 18.4 Å². The zero-order valence-corrected chi connectivity index (χ0v) is 11.3. The molecule has 1 aromatic carbocycles. The van der Waals surface area contributed by atoms with E-state index in [1.807, 2.05) is 0 Å². The highest BCUT2D eigenvalue weighted by molar-refractivity contribution is 7.89. The molecule has 0 saturated heterocycles. The van der Waals surface area contributed by atoms with E-state index in [9.17, 15) is 8.42 Å². The maximum atomic E-state index is 12.1. The third-order valence-electron chi connectivity index (χ3n) is 3.39. The van der Waals surface area contributed by atoms with E-state index in [4.69, 9.17) is 5.11 Å². The normalized spacial score (nSPS) is 23.0. The van der Waals surface area contributed by atoms with Gasteiger partial charge in [-0.25, -0.2) is 13.1 Å². The van der Waals surface area contributed by atoms with Crippen molar-refractivity contribution < 1.29 is 13.5 Å². The number of aliphatic hydroxyl groups is 1. The Morgan fingerprint density at radius 2 is 2.00 bits per heavy atom. The van der Waals surface area contributed by atoms with Crippen molar-refractivity contribution in [1.29, 1.82) is 0 Å². The number of rotatable bonds is 6. The number of sulfonamides is 1. The van der Waals surface area contributed by atoms with Crippen LogP contribution in [-0.4, -0.2) is 26.2 Å². The third kappa shape index (κ3) is 3.10. The van der Waals surface area contributed by atoms with Gasteiger partial charge in [0, 0.05) is 12.6 Å². The average molecular weight is 269 g/mol. The van der Waals surface area contributed by atoms with Gasteiger partial charge in [-0.15, -0.1) is 0 Å². The summed E-state index contributed by atoms with van der Waals surface area (Å²) in [5.41, 5.74) is 0.939. The fourth-order valence-electron chi connectivity index (χ4n) is 2.07. The Kier molecular flexibility index (Phi) is 4.04. The van der Waals surface area contributed by atoms with Crippen LogP contribution in [0.5, 0.6) is 0 Å². The second-order valence-corrected chi connectivity index (χ2v) is 6.46. The van der Waals surface area contributed by atoms with Gasteiger partial charge in [0.05, 0.1) is 4.90 Å². The van der Waals surface area contributed by atoms with Crippen LogP contribution in [0.1, 0.15) is 25.3 Å². The van der Waals surface area contributed by atoms with Gasteiger partial charge < -0.3 is 5.11 Å². The SMILES string of the molecule is CCC1CC1NS(=O)(=O)c1ccc(CCO)cc1. The van der Waals surface area contributed by atoms with Crippen LogP contribution in [0, 0.1) is 5.92 Å². The molecule has 0 aromatic heterocycles. The molecule has 1 aromatic rings. The molecule has 1 fully saturated rings. The average Bonchev–Trinajstić information content (AvgIpc) is 3.08. The molecule has 5 heteroatoms. The maximum Gasteiger partial charge on any atom is 0.240 e. The topological polar surface area (TPSA) is 66.4 Å². The van der Waals surface area contributed by atoms with Crippen LogP contribution in [-0.2, 0) is 16.4 Å². The number of hydrogen-bond donors (Lipinski definition) is 2. The minimum atomic E-state index is -3.38. The molecule has 2 rings (SSSR count). The van der Waals surface area contributed by atoms with Crippen LogP contribution in [0.15, 0.2) is 29.2 Å². The summed E-state index contributed by atoms with van der Waals surface area (Å²) in [6, 6.07) is 6.79. The summed E-state index contributed by atoms with van der Waals surface area (Å²) in [7, 11) is -3.38. The molecular weight excluding hydrogens is 250 g/mol. The van der Waals surface area contributed by atoms with Gasteiger partial charge in [-0.05, 0) is 36.5 Å². The lowest BCUT2D eigenvalue weighted by Crippen LogP contribution is -2.27.